The summed E-state index contributed by atoms with van der Waals surface area (Å²) >= 11 is 0. The number of rotatable bonds is 7. The highest BCUT2D eigenvalue weighted by molar-refractivity contribution is 5.98. The van der Waals surface area contributed by atoms with E-state index in [9.17, 15) is 9.18 Å². The highest BCUT2D eigenvalue weighted by atomic mass is 19.1. The molecule has 1 fully saturated rings. The van der Waals surface area contributed by atoms with E-state index < -0.39 is 11.7 Å². The molecule has 8 nitrogen and oxygen atoms in total. The van der Waals surface area contributed by atoms with Gasteiger partial charge in [0.2, 0.25) is 0 Å². The van der Waals surface area contributed by atoms with Crippen molar-refractivity contribution in [1.82, 2.24) is 9.97 Å². The Morgan fingerprint density at radius 1 is 1.29 bits per heavy atom. The molecule has 0 unspecified atom stereocenters. The lowest BCUT2D eigenvalue weighted by Crippen LogP contribution is -2.43. The van der Waals surface area contributed by atoms with Crippen LogP contribution in [0.3, 0.4) is 0 Å². The lowest BCUT2D eigenvalue weighted by atomic mass is 9.91. The number of halogens is 1. The normalized spacial score (nSPS) is 19.1. The fraction of sp³-hybridized carbons (Fsp3) is 0.421. The third-order valence-electron chi connectivity index (χ3n) is 4.76. The number of carbonyl (C=O) groups excluding carboxylic acids is 1. The number of carbonyl (C=O) groups is 1. The molecule has 0 spiro atoms. The molecule has 1 aliphatic rings. The molecule has 2 aromatic heterocycles. The molecular weight excluding hydrogens is 361 g/mol. The van der Waals surface area contributed by atoms with Gasteiger partial charge in [0.25, 0.3) is 5.91 Å². The molecule has 150 valence electrons. The summed E-state index contributed by atoms with van der Waals surface area (Å²) in [5.74, 6) is -0.511. The van der Waals surface area contributed by atoms with Crippen LogP contribution < -0.4 is 27.4 Å². The quantitative estimate of drug-likeness (QED) is 0.493. The van der Waals surface area contributed by atoms with Crippen LogP contribution in [0.15, 0.2) is 24.4 Å². The van der Waals surface area contributed by atoms with E-state index in [-0.39, 0.29) is 29.3 Å². The maximum Gasteiger partial charge on any atom is 0.252 e. The highest BCUT2D eigenvalue weighted by Gasteiger charge is 2.24. The van der Waals surface area contributed by atoms with Crippen molar-refractivity contribution in [2.24, 2.45) is 11.5 Å². The average Bonchev–Trinajstić information content (AvgIpc) is 2.66. The van der Waals surface area contributed by atoms with Crippen LogP contribution in [0.25, 0.3) is 0 Å². The van der Waals surface area contributed by atoms with Gasteiger partial charge in [-0.05, 0) is 31.9 Å². The molecule has 28 heavy (non-hydrogen) atoms. The van der Waals surface area contributed by atoms with Gasteiger partial charge in [0.1, 0.15) is 11.6 Å². The van der Waals surface area contributed by atoms with Gasteiger partial charge in [-0.1, -0.05) is 12.8 Å². The van der Waals surface area contributed by atoms with Crippen molar-refractivity contribution in [3.63, 3.8) is 0 Å². The van der Waals surface area contributed by atoms with E-state index in [0.717, 1.165) is 31.7 Å². The van der Waals surface area contributed by atoms with Gasteiger partial charge in [0.05, 0.1) is 5.56 Å². The molecule has 0 radical (unpaired) electrons. The minimum Gasteiger partial charge on any atom is -0.370 e. The van der Waals surface area contributed by atoms with Crippen molar-refractivity contribution in [3.8, 4) is 0 Å². The number of nitrogens with zero attached hydrogens (tertiary/aromatic N) is 2. The lowest BCUT2D eigenvalue weighted by molar-refractivity contribution is 0.100. The van der Waals surface area contributed by atoms with E-state index in [4.69, 9.17) is 11.5 Å². The lowest BCUT2D eigenvalue weighted by Gasteiger charge is -2.30. The van der Waals surface area contributed by atoms with E-state index in [0.29, 0.717) is 18.1 Å². The van der Waals surface area contributed by atoms with Crippen LogP contribution in [0.2, 0.25) is 0 Å². The predicted octanol–water partition coefficient (Wildman–Crippen LogP) is 2.57. The summed E-state index contributed by atoms with van der Waals surface area (Å²) in [5.41, 5.74) is 12.2. The summed E-state index contributed by atoms with van der Waals surface area (Å²) in [7, 11) is 0. The number of nitrogens with two attached hydrogens (primary N) is 2. The largest absolute Gasteiger partial charge is 0.370 e. The van der Waals surface area contributed by atoms with Crippen molar-refractivity contribution in [1.29, 1.82) is 0 Å². The molecular formula is C19H26FN7O. The Morgan fingerprint density at radius 2 is 2.07 bits per heavy atom. The van der Waals surface area contributed by atoms with Crippen molar-refractivity contribution >= 4 is 29.0 Å². The van der Waals surface area contributed by atoms with Gasteiger partial charge in [0.15, 0.2) is 11.6 Å². The zero-order valence-corrected chi connectivity index (χ0v) is 15.8. The summed E-state index contributed by atoms with van der Waals surface area (Å²) < 4.78 is 14.6. The second-order valence-corrected chi connectivity index (χ2v) is 6.86. The molecule has 1 saturated carbocycles. The van der Waals surface area contributed by atoms with E-state index >= 15 is 0 Å². The zero-order chi connectivity index (χ0) is 20.1. The van der Waals surface area contributed by atoms with Crippen LogP contribution in [0, 0.1) is 5.82 Å². The molecule has 0 aliphatic heterocycles. The molecule has 7 N–H and O–H groups in total. The van der Waals surface area contributed by atoms with Crippen LogP contribution >= 0.6 is 0 Å². The number of hydrogen-bond acceptors (Lipinski definition) is 7. The van der Waals surface area contributed by atoms with Crippen LogP contribution in [-0.4, -0.2) is 34.5 Å². The van der Waals surface area contributed by atoms with Crippen LogP contribution in [0.5, 0.6) is 0 Å². The second-order valence-electron chi connectivity index (χ2n) is 6.86. The third kappa shape index (κ3) is 4.66. The monoisotopic (exact) mass is 387 g/mol. The van der Waals surface area contributed by atoms with Gasteiger partial charge in [-0.25, -0.2) is 14.4 Å². The first kappa shape index (κ1) is 19.8. The number of primary amides is 1. The minimum absolute atomic E-state index is 0.0298. The summed E-state index contributed by atoms with van der Waals surface area (Å²) in [6.07, 6.45) is 5.45. The van der Waals surface area contributed by atoms with Gasteiger partial charge in [-0.3, -0.25) is 4.79 Å². The SMILES string of the molecule is CCNc1cc(Nc2nc(N[C@@H]3CCCC[C@@H]3N)c(F)cc2C(N)=O)ccn1. The third-order valence-corrected chi connectivity index (χ3v) is 4.76. The summed E-state index contributed by atoms with van der Waals surface area (Å²) in [6.45, 7) is 2.68. The maximum absolute atomic E-state index is 14.6. The van der Waals surface area contributed by atoms with E-state index in [1.165, 1.54) is 0 Å². The Labute approximate surface area is 163 Å². The second kappa shape index (κ2) is 8.83. The standard InChI is InChI=1S/C19H26FN7O/c1-2-23-16-9-11(7-8-24-16)25-18-12(17(22)28)10-13(20)19(27-18)26-15-6-4-3-5-14(15)21/h7-10,14-15H,2-6,21H2,1H3,(H2,22,28)(H3,23,24,25,26,27)/t14-,15+/m0/s1. The molecule has 0 aromatic carbocycles. The van der Waals surface area contributed by atoms with Crippen molar-refractivity contribution in [3.05, 3.63) is 35.8 Å². The van der Waals surface area contributed by atoms with Gasteiger partial charge in [-0.15, -0.1) is 0 Å². The topological polar surface area (TPSA) is 131 Å². The van der Waals surface area contributed by atoms with E-state index in [1.54, 1.807) is 18.3 Å². The summed E-state index contributed by atoms with van der Waals surface area (Å²) in [5, 5.41) is 9.24. The maximum atomic E-state index is 14.6. The number of hydrogen-bond donors (Lipinski definition) is 5. The van der Waals surface area contributed by atoms with Crippen LogP contribution in [0.4, 0.5) is 27.5 Å². The minimum atomic E-state index is -0.768. The zero-order valence-electron chi connectivity index (χ0n) is 15.8. The van der Waals surface area contributed by atoms with Gasteiger partial charge < -0.3 is 27.4 Å². The fourth-order valence-corrected chi connectivity index (χ4v) is 3.31. The van der Waals surface area contributed by atoms with E-state index in [1.807, 2.05) is 6.92 Å². The molecule has 2 atom stereocenters. The molecule has 3 rings (SSSR count). The van der Waals surface area contributed by atoms with Crippen LogP contribution in [0.1, 0.15) is 43.0 Å². The molecule has 1 amide bonds. The Hall–Kier alpha value is -2.94. The van der Waals surface area contributed by atoms with Crippen molar-refractivity contribution in [2.75, 3.05) is 22.5 Å². The molecule has 0 bridgehead atoms. The van der Waals surface area contributed by atoms with E-state index in [2.05, 4.69) is 25.9 Å². The average molecular weight is 387 g/mol. The molecule has 9 heteroatoms. The van der Waals surface area contributed by atoms with Gasteiger partial charge in [-0.2, -0.15) is 0 Å². The Kier molecular flexibility index (Phi) is 6.25. The van der Waals surface area contributed by atoms with Crippen LogP contribution in [-0.2, 0) is 0 Å². The number of pyridine rings is 2. The Balaban J connectivity index is 1.90. The molecule has 2 aromatic rings. The first-order valence-corrected chi connectivity index (χ1v) is 9.47. The summed E-state index contributed by atoms with van der Waals surface area (Å²) in [4.78, 5) is 20.3. The highest BCUT2D eigenvalue weighted by Crippen LogP contribution is 2.27. The molecule has 2 heterocycles. The van der Waals surface area contributed by atoms with Gasteiger partial charge >= 0.3 is 0 Å². The first-order valence-electron chi connectivity index (χ1n) is 9.47. The molecule has 0 saturated heterocycles. The fourth-order valence-electron chi connectivity index (χ4n) is 3.31. The smallest absolute Gasteiger partial charge is 0.252 e. The predicted molar refractivity (Wildman–Crippen MR) is 108 cm³/mol. The first-order chi connectivity index (χ1) is 13.5. The van der Waals surface area contributed by atoms with Gasteiger partial charge in [0, 0.05) is 36.6 Å². The Bertz CT molecular complexity index is 845. The summed E-state index contributed by atoms with van der Waals surface area (Å²) in [6, 6.07) is 4.46. The number of nitrogens with one attached hydrogen (secondary N) is 3. The number of anilines is 4. The van der Waals surface area contributed by atoms with Crippen molar-refractivity contribution < 1.29 is 9.18 Å². The number of amides is 1. The van der Waals surface area contributed by atoms with Crippen molar-refractivity contribution in [2.45, 2.75) is 44.7 Å². The Morgan fingerprint density at radius 3 is 2.79 bits per heavy atom. The molecule has 1 aliphatic carbocycles. The number of aromatic nitrogens is 2.